The highest BCUT2D eigenvalue weighted by Gasteiger charge is 2.30. The van der Waals surface area contributed by atoms with Gasteiger partial charge in [-0.2, -0.15) is 13.2 Å². The third kappa shape index (κ3) is 4.45. The van der Waals surface area contributed by atoms with E-state index >= 15 is 0 Å². The maximum atomic E-state index is 12.9. The van der Waals surface area contributed by atoms with Crippen LogP contribution in [0.5, 0.6) is 0 Å². The van der Waals surface area contributed by atoms with Crippen molar-refractivity contribution in [3.63, 3.8) is 0 Å². The second-order valence-corrected chi connectivity index (χ2v) is 6.86. The number of nitrogens with one attached hydrogen (secondary N) is 2. The Morgan fingerprint density at radius 3 is 2.64 bits per heavy atom. The van der Waals surface area contributed by atoms with Crippen molar-refractivity contribution in [1.82, 2.24) is 20.3 Å². The number of rotatable bonds is 2. The van der Waals surface area contributed by atoms with Crippen molar-refractivity contribution in [2.24, 2.45) is 0 Å². The summed E-state index contributed by atoms with van der Waals surface area (Å²) in [5, 5.41) is 3.42. The van der Waals surface area contributed by atoms with Gasteiger partial charge in [0.05, 0.1) is 23.1 Å². The third-order valence-corrected chi connectivity index (χ3v) is 4.88. The van der Waals surface area contributed by atoms with Crippen molar-refractivity contribution in [1.29, 1.82) is 0 Å². The molecule has 28 heavy (non-hydrogen) atoms. The quantitative estimate of drug-likeness (QED) is 0.663. The molecule has 0 spiro atoms. The molecule has 3 aliphatic heterocycles. The Hall–Kier alpha value is -2.16. The molecule has 1 fully saturated rings. The van der Waals surface area contributed by atoms with Crippen molar-refractivity contribution >= 4 is 12.4 Å². The van der Waals surface area contributed by atoms with Gasteiger partial charge in [-0.25, -0.2) is 9.97 Å². The maximum Gasteiger partial charge on any atom is 0.416 e. The summed E-state index contributed by atoms with van der Waals surface area (Å²) in [6, 6.07) is 7.47. The Kier molecular flexibility index (Phi) is 6.69. The summed E-state index contributed by atoms with van der Waals surface area (Å²) in [4.78, 5) is 12.3. The smallest absolute Gasteiger partial charge is 0.412 e. The van der Waals surface area contributed by atoms with E-state index < -0.39 is 11.7 Å². The molecule has 0 radical (unpaired) electrons. The largest absolute Gasteiger partial charge is 0.416 e. The molecule has 9 heteroatoms. The van der Waals surface area contributed by atoms with Crippen molar-refractivity contribution in [3.05, 3.63) is 47.9 Å². The number of piperidine rings is 1. The van der Waals surface area contributed by atoms with Crippen molar-refractivity contribution in [2.45, 2.75) is 37.9 Å². The van der Waals surface area contributed by atoms with Crippen LogP contribution < -0.4 is 5.32 Å². The molecule has 152 valence electrons. The van der Waals surface area contributed by atoms with Crippen LogP contribution in [0.4, 0.5) is 13.2 Å². The van der Waals surface area contributed by atoms with E-state index in [1.54, 1.807) is 18.3 Å². The number of fused-ring (bicyclic) bond motifs is 1. The minimum atomic E-state index is -4.37. The van der Waals surface area contributed by atoms with Gasteiger partial charge in [0.2, 0.25) is 0 Å². The van der Waals surface area contributed by atoms with Crippen LogP contribution in [-0.2, 0) is 6.18 Å². The SMILES string of the molecule is CC1CC(c2ncc3nc(-c4cccc(C(F)(F)F)c4)cc-3[nH]2)CCN1.Cl.O. The molecule has 4 rings (SSSR count). The van der Waals surface area contributed by atoms with Crippen LogP contribution in [0.25, 0.3) is 22.6 Å². The highest BCUT2D eigenvalue weighted by Crippen LogP contribution is 2.34. The van der Waals surface area contributed by atoms with Gasteiger partial charge in [0, 0.05) is 17.5 Å². The number of halogens is 4. The highest BCUT2D eigenvalue weighted by molar-refractivity contribution is 5.85. The van der Waals surface area contributed by atoms with Crippen LogP contribution in [0.3, 0.4) is 0 Å². The molecule has 1 aromatic rings. The Labute approximate surface area is 166 Å². The van der Waals surface area contributed by atoms with E-state index in [9.17, 15) is 13.2 Å². The Morgan fingerprint density at radius 2 is 1.93 bits per heavy atom. The molecule has 0 amide bonds. The fourth-order valence-corrected chi connectivity index (χ4v) is 3.52. The maximum absolute atomic E-state index is 12.9. The van der Waals surface area contributed by atoms with Crippen LogP contribution in [0, 0.1) is 0 Å². The topological polar surface area (TPSA) is 85.1 Å². The van der Waals surface area contributed by atoms with E-state index in [-0.39, 0.29) is 17.9 Å². The lowest BCUT2D eigenvalue weighted by Gasteiger charge is -2.27. The molecular formula is C19H22ClF3N4O. The van der Waals surface area contributed by atoms with Gasteiger partial charge in [-0.05, 0) is 44.5 Å². The number of aromatic amines is 1. The van der Waals surface area contributed by atoms with Gasteiger partial charge in [0.25, 0.3) is 0 Å². The lowest BCUT2D eigenvalue weighted by atomic mass is 9.92. The number of hydrogen-bond donors (Lipinski definition) is 2. The normalized spacial score (nSPS) is 19.7. The summed E-state index contributed by atoms with van der Waals surface area (Å²) in [6.45, 7) is 3.11. The second-order valence-electron chi connectivity index (χ2n) is 6.86. The van der Waals surface area contributed by atoms with Gasteiger partial charge in [-0.15, -0.1) is 12.4 Å². The van der Waals surface area contributed by atoms with E-state index in [1.165, 1.54) is 6.07 Å². The zero-order valence-corrected chi connectivity index (χ0v) is 16.0. The zero-order chi connectivity index (χ0) is 18.3. The lowest BCUT2D eigenvalue weighted by molar-refractivity contribution is -0.137. The van der Waals surface area contributed by atoms with Crippen molar-refractivity contribution < 1.29 is 18.6 Å². The first kappa shape index (κ1) is 22.1. The Bertz CT molecular complexity index is 899. The van der Waals surface area contributed by atoms with Crippen LogP contribution in [0.1, 0.15) is 37.1 Å². The number of aromatic nitrogens is 3. The minimum Gasteiger partial charge on any atom is -0.412 e. The average Bonchev–Trinajstić information content (AvgIpc) is 3.04. The van der Waals surface area contributed by atoms with Gasteiger partial charge in [-0.1, -0.05) is 12.1 Å². The summed E-state index contributed by atoms with van der Waals surface area (Å²) in [6.07, 6.45) is -0.656. The van der Waals surface area contributed by atoms with Gasteiger partial charge >= 0.3 is 6.18 Å². The third-order valence-electron chi connectivity index (χ3n) is 4.88. The molecule has 5 nitrogen and oxygen atoms in total. The molecular weight excluding hydrogens is 393 g/mol. The van der Waals surface area contributed by atoms with Crippen LogP contribution >= 0.6 is 12.4 Å². The first-order valence-corrected chi connectivity index (χ1v) is 8.67. The first-order chi connectivity index (χ1) is 12.4. The number of nitrogens with zero attached hydrogens (tertiary/aromatic N) is 2. The van der Waals surface area contributed by atoms with E-state index in [1.807, 2.05) is 0 Å². The van der Waals surface area contributed by atoms with E-state index in [4.69, 9.17) is 0 Å². The van der Waals surface area contributed by atoms with Gasteiger partial charge in [-0.3, -0.25) is 0 Å². The summed E-state index contributed by atoms with van der Waals surface area (Å²) in [5.41, 5.74) is 1.74. The molecule has 0 aliphatic carbocycles. The fourth-order valence-electron chi connectivity index (χ4n) is 3.52. The van der Waals surface area contributed by atoms with Crippen LogP contribution in [-0.4, -0.2) is 33.0 Å². The molecule has 3 aliphatic rings. The first-order valence-electron chi connectivity index (χ1n) is 8.67. The van der Waals surface area contributed by atoms with Crippen LogP contribution in [0.15, 0.2) is 36.5 Å². The lowest BCUT2D eigenvalue weighted by Crippen LogP contribution is -2.35. The molecule has 1 aromatic carbocycles. The number of alkyl halides is 3. The standard InChI is InChI=1S/C19H19F3N4.ClH.H2O/c1-11-7-13(5-6-23-11)18-24-10-17-16(26-18)9-15(25-17)12-3-2-4-14(8-12)19(20,21)22;;/h2-4,8-11,13,23H,5-7H2,1H3,(H,24,26);1H;1H2. The fraction of sp³-hybridized carbons (Fsp3) is 0.368. The second kappa shape index (κ2) is 8.46. The van der Waals surface area contributed by atoms with Gasteiger partial charge in [0.15, 0.2) is 0 Å². The summed E-state index contributed by atoms with van der Waals surface area (Å²) in [7, 11) is 0. The van der Waals surface area contributed by atoms with Gasteiger partial charge < -0.3 is 15.8 Å². The molecule has 2 unspecified atom stereocenters. The molecule has 4 N–H and O–H groups in total. The van der Waals surface area contributed by atoms with E-state index in [2.05, 4.69) is 27.2 Å². The molecule has 1 saturated heterocycles. The molecule has 2 atom stereocenters. The van der Waals surface area contributed by atoms with Gasteiger partial charge in [0.1, 0.15) is 11.5 Å². The number of H-pyrrole nitrogens is 1. The summed E-state index contributed by atoms with van der Waals surface area (Å²) in [5.74, 6) is 1.26. The van der Waals surface area contributed by atoms with E-state index in [0.717, 1.165) is 43.0 Å². The Morgan fingerprint density at radius 1 is 1.14 bits per heavy atom. The van der Waals surface area contributed by atoms with Crippen molar-refractivity contribution in [3.8, 4) is 22.6 Å². The highest BCUT2D eigenvalue weighted by atomic mass is 35.5. The van der Waals surface area contributed by atoms with E-state index in [0.29, 0.717) is 28.9 Å². The molecule has 0 saturated carbocycles. The zero-order valence-electron chi connectivity index (χ0n) is 15.2. The monoisotopic (exact) mass is 414 g/mol. The average molecular weight is 415 g/mol. The predicted molar refractivity (Wildman–Crippen MR) is 104 cm³/mol. The number of benzene rings is 1. The summed E-state index contributed by atoms with van der Waals surface area (Å²) >= 11 is 0. The predicted octanol–water partition coefficient (Wildman–Crippen LogP) is 4.05. The molecule has 0 bridgehead atoms. The number of hydrogen-bond acceptors (Lipinski definition) is 3. The van der Waals surface area contributed by atoms with Crippen molar-refractivity contribution in [2.75, 3.05) is 6.54 Å². The molecule has 0 aromatic heterocycles. The Balaban J connectivity index is 0.00000140. The van der Waals surface area contributed by atoms with Crippen LogP contribution in [0.2, 0.25) is 0 Å². The summed E-state index contributed by atoms with van der Waals surface area (Å²) < 4.78 is 38.8. The molecule has 3 heterocycles. The minimum absolute atomic E-state index is 0.